The molecule has 1 aromatic heterocycles. The first-order chi connectivity index (χ1) is 10.1. The van der Waals surface area contributed by atoms with Crippen LogP contribution in [0.4, 0.5) is 10.5 Å². The third kappa shape index (κ3) is 4.17. The molecule has 2 rings (SSSR count). The van der Waals surface area contributed by atoms with Crippen LogP contribution < -0.4 is 10.6 Å². The van der Waals surface area contributed by atoms with Crippen LogP contribution in [-0.2, 0) is 4.79 Å². The topological polar surface area (TPSA) is 91.3 Å². The zero-order chi connectivity index (χ0) is 15.2. The Bertz CT molecular complexity index is 657. The molecule has 0 fully saturated rings. The summed E-state index contributed by atoms with van der Waals surface area (Å²) in [5, 5.41) is 15.0. The number of carbonyl (C=O) groups is 2. The summed E-state index contributed by atoms with van der Waals surface area (Å²) in [6.45, 7) is 1.82. The van der Waals surface area contributed by atoms with E-state index in [2.05, 4.69) is 15.6 Å². The summed E-state index contributed by atoms with van der Waals surface area (Å²) in [4.78, 5) is 26.8. The lowest BCUT2D eigenvalue weighted by atomic mass is 10.1. The number of urea groups is 1. The van der Waals surface area contributed by atoms with Crippen molar-refractivity contribution in [3.63, 3.8) is 0 Å². The van der Waals surface area contributed by atoms with Gasteiger partial charge in [-0.1, -0.05) is 25.1 Å². The number of carboxylic acid groups (broad SMARTS) is 1. The van der Waals surface area contributed by atoms with Gasteiger partial charge in [0.15, 0.2) is 0 Å². The van der Waals surface area contributed by atoms with Gasteiger partial charge < -0.3 is 15.7 Å². The summed E-state index contributed by atoms with van der Waals surface area (Å²) in [7, 11) is 0. The maximum Gasteiger partial charge on any atom is 0.319 e. The number of hydrogen-bond donors (Lipinski definition) is 3. The van der Waals surface area contributed by atoms with E-state index in [1.807, 2.05) is 37.3 Å². The van der Waals surface area contributed by atoms with Crippen molar-refractivity contribution in [1.82, 2.24) is 10.3 Å². The number of benzene rings is 1. The van der Waals surface area contributed by atoms with Crippen molar-refractivity contribution in [2.75, 3.05) is 5.32 Å². The van der Waals surface area contributed by atoms with Gasteiger partial charge in [-0.05, 0) is 18.6 Å². The number of nitrogens with one attached hydrogen (secondary N) is 2. The molecule has 110 valence electrons. The molecular weight excluding hydrogens is 270 g/mol. The minimum Gasteiger partial charge on any atom is -0.481 e. The van der Waals surface area contributed by atoms with Crippen LogP contribution in [0.2, 0.25) is 0 Å². The highest BCUT2D eigenvalue weighted by atomic mass is 16.4. The molecule has 2 aromatic rings. The van der Waals surface area contributed by atoms with Crippen molar-refractivity contribution < 1.29 is 14.7 Å². The van der Waals surface area contributed by atoms with E-state index < -0.39 is 18.0 Å². The Labute approximate surface area is 122 Å². The van der Waals surface area contributed by atoms with Crippen LogP contribution in [0, 0.1) is 0 Å². The Morgan fingerprint density at radius 3 is 2.81 bits per heavy atom. The minimum atomic E-state index is -0.936. The number of pyridine rings is 1. The lowest BCUT2D eigenvalue weighted by Gasteiger charge is -2.15. The summed E-state index contributed by atoms with van der Waals surface area (Å²) in [5.74, 6) is -0.936. The van der Waals surface area contributed by atoms with Crippen LogP contribution in [0.25, 0.3) is 10.9 Å². The van der Waals surface area contributed by atoms with Gasteiger partial charge in [0.05, 0.1) is 23.8 Å². The number of aromatic nitrogens is 1. The lowest BCUT2D eigenvalue weighted by molar-refractivity contribution is -0.137. The molecule has 6 heteroatoms. The van der Waals surface area contributed by atoms with E-state index in [0.717, 1.165) is 10.9 Å². The summed E-state index contributed by atoms with van der Waals surface area (Å²) in [6, 6.07) is 8.58. The molecule has 1 unspecified atom stereocenters. The van der Waals surface area contributed by atoms with Gasteiger partial charge in [0.1, 0.15) is 0 Å². The maximum atomic E-state index is 11.9. The summed E-state index contributed by atoms with van der Waals surface area (Å²) < 4.78 is 0. The molecule has 21 heavy (non-hydrogen) atoms. The van der Waals surface area contributed by atoms with E-state index in [1.165, 1.54) is 0 Å². The number of carbonyl (C=O) groups excluding carboxylic acids is 1. The Morgan fingerprint density at radius 1 is 1.33 bits per heavy atom. The largest absolute Gasteiger partial charge is 0.481 e. The highest BCUT2D eigenvalue weighted by Crippen LogP contribution is 2.15. The fraction of sp³-hybridized carbons (Fsp3) is 0.267. The van der Waals surface area contributed by atoms with Crippen molar-refractivity contribution in [3.8, 4) is 0 Å². The van der Waals surface area contributed by atoms with E-state index in [1.54, 1.807) is 6.20 Å². The Morgan fingerprint density at radius 2 is 2.10 bits per heavy atom. The van der Waals surface area contributed by atoms with Crippen LogP contribution in [0.15, 0.2) is 36.5 Å². The fourth-order valence-electron chi connectivity index (χ4n) is 2.00. The Balaban J connectivity index is 2.02. The first kappa shape index (κ1) is 14.8. The molecule has 0 bridgehead atoms. The summed E-state index contributed by atoms with van der Waals surface area (Å²) in [6.07, 6.45) is 2.02. The molecule has 1 aromatic carbocycles. The van der Waals surface area contributed by atoms with Gasteiger partial charge in [-0.2, -0.15) is 0 Å². The smallest absolute Gasteiger partial charge is 0.319 e. The molecule has 3 N–H and O–H groups in total. The lowest BCUT2D eigenvalue weighted by Crippen LogP contribution is -2.38. The first-order valence-corrected chi connectivity index (χ1v) is 6.72. The van der Waals surface area contributed by atoms with Crippen LogP contribution >= 0.6 is 0 Å². The van der Waals surface area contributed by atoms with Gasteiger partial charge in [0, 0.05) is 11.4 Å². The van der Waals surface area contributed by atoms with Crippen LogP contribution in [0.5, 0.6) is 0 Å². The van der Waals surface area contributed by atoms with Crippen LogP contribution in [-0.4, -0.2) is 28.1 Å². The number of aliphatic carboxylic acids is 1. The number of fused-ring (bicyclic) bond motifs is 1. The molecule has 1 atom stereocenters. The molecule has 1 heterocycles. The number of hydrogen-bond acceptors (Lipinski definition) is 3. The standard InChI is InChI=1S/C15H17N3O3/c1-2-11(8-14(19)20)17-15(21)18-12-7-10-5-3-4-6-13(10)16-9-12/h3-7,9,11H,2,8H2,1H3,(H,19,20)(H2,17,18,21). The second-order valence-corrected chi connectivity index (χ2v) is 4.72. The van der Waals surface area contributed by atoms with Crippen LogP contribution in [0.1, 0.15) is 19.8 Å². The zero-order valence-electron chi connectivity index (χ0n) is 11.7. The number of anilines is 1. The van der Waals surface area contributed by atoms with Gasteiger partial charge in [-0.15, -0.1) is 0 Å². The van der Waals surface area contributed by atoms with E-state index in [0.29, 0.717) is 12.1 Å². The number of para-hydroxylation sites is 1. The maximum absolute atomic E-state index is 11.9. The van der Waals surface area contributed by atoms with Crippen LogP contribution in [0.3, 0.4) is 0 Å². The predicted octanol–water partition coefficient (Wildman–Crippen LogP) is 2.61. The molecular formula is C15H17N3O3. The molecule has 0 radical (unpaired) electrons. The number of nitrogens with zero attached hydrogens (tertiary/aromatic N) is 1. The highest BCUT2D eigenvalue weighted by molar-refractivity contribution is 5.92. The predicted molar refractivity (Wildman–Crippen MR) is 80.2 cm³/mol. The molecule has 0 aliphatic carbocycles. The molecule has 0 aliphatic heterocycles. The second kappa shape index (κ2) is 6.69. The summed E-state index contributed by atoms with van der Waals surface area (Å²) >= 11 is 0. The number of rotatable bonds is 5. The second-order valence-electron chi connectivity index (χ2n) is 4.72. The van der Waals surface area contributed by atoms with Crippen molar-refractivity contribution in [3.05, 3.63) is 36.5 Å². The average molecular weight is 287 g/mol. The SMILES string of the molecule is CCC(CC(=O)O)NC(=O)Nc1cnc2ccccc2c1. The van der Waals surface area contributed by atoms with E-state index in [-0.39, 0.29) is 6.42 Å². The molecule has 0 spiro atoms. The summed E-state index contributed by atoms with van der Waals surface area (Å²) in [5.41, 5.74) is 1.41. The van der Waals surface area contributed by atoms with E-state index in [9.17, 15) is 9.59 Å². The molecule has 6 nitrogen and oxygen atoms in total. The van der Waals surface area contributed by atoms with Gasteiger partial charge in [0.2, 0.25) is 0 Å². The third-order valence-corrected chi connectivity index (χ3v) is 3.10. The quantitative estimate of drug-likeness (QED) is 0.788. The monoisotopic (exact) mass is 287 g/mol. The number of carboxylic acids is 1. The van der Waals surface area contributed by atoms with Crippen molar-refractivity contribution in [1.29, 1.82) is 0 Å². The molecule has 0 saturated carbocycles. The third-order valence-electron chi connectivity index (χ3n) is 3.10. The Hall–Kier alpha value is -2.63. The molecule has 0 saturated heterocycles. The van der Waals surface area contributed by atoms with Gasteiger partial charge in [-0.25, -0.2) is 4.79 Å². The zero-order valence-corrected chi connectivity index (χ0v) is 11.7. The number of amides is 2. The molecule has 0 aliphatic rings. The fourth-order valence-corrected chi connectivity index (χ4v) is 2.00. The van der Waals surface area contributed by atoms with Gasteiger partial charge in [0.25, 0.3) is 0 Å². The van der Waals surface area contributed by atoms with Crippen molar-refractivity contribution >= 4 is 28.6 Å². The van der Waals surface area contributed by atoms with Gasteiger partial charge >= 0.3 is 12.0 Å². The normalized spacial score (nSPS) is 11.9. The first-order valence-electron chi connectivity index (χ1n) is 6.72. The Kier molecular flexibility index (Phi) is 4.71. The minimum absolute atomic E-state index is 0.0973. The van der Waals surface area contributed by atoms with Gasteiger partial charge in [-0.3, -0.25) is 9.78 Å². The van der Waals surface area contributed by atoms with Crippen molar-refractivity contribution in [2.24, 2.45) is 0 Å². The van der Waals surface area contributed by atoms with E-state index in [4.69, 9.17) is 5.11 Å². The molecule has 2 amide bonds. The van der Waals surface area contributed by atoms with E-state index >= 15 is 0 Å². The average Bonchev–Trinajstić information content (AvgIpc) is 2.45. The highest BCUT2D eigenvalue weighted by Gasteiger charge is 2.14. The van der Waals surface area contributed by atoms with Crippen molar-refractivity contribution in [2.45, 2.75) is 25.8 Å².